The minimum atomic E-state index is -0.148. The lowest BCUT2D eigenvalue weighted by Crippen LogP contribution is -2.35. The molecule has 0 bridgehead atoms. The summed E-state index contributed by atoms with van der Waals surface area (Å²) < 4.78 is 1.81. The van der Waals surface area contributed by atoms with Gasteiger partial charge in [-0.15, -0.1) is 5.10 Å². The topological polar surface area (TPSA) is 71.8 Å². The van der Waals surface area contributed by atoms with E-state index >= 15 is 0 Å². The van der Waals surface area contributed by atoms with E-state index in [0.29, 0.717) is 6.54 Å². The summed E-state index contributed by atoms with van der Waals surface area (Å²) >= 11 is 0. The van der Waals surface area contributed by atoms with Crippen molar-refractivity contribution in [2.45, 2.75) is 52.1 Å². The summed E-state index contributed by atoms with van der Waals surface area (Å²) in [6.07, 6.45) is 7.39. The number of urea groups is 1. The van der Waals surface area contributed by atoms with Gasteiger partial charge in [0.25, 0.3) is 0 Å². The lowest BCUT2D eigenvalue weighted by molar-refractivity contribution is 0.240. The summed E-state index contributed by atoms with van der Waals surface area (Å²) in [7, 11) is 0. The van der Waals surface area contributed by atoms with Gasteiger partial charge in [-0.05, 0) is 18.4 Å². The van der Waals surface area contributed by atoms with Gasteiger partial charge in [-0.1, -0.05) is 61.7 Å². The molecule has 0 aliphatic carbocycles. The van der Waals surface area contributed by atoms with Gasteiger partial charge in [0.15, 0.2) is 0 Å². The van der Waals surface area contributed by atoms with E-state index in [-0.39, 0.29) is 6.03 Å². The number of nitrogens with one attached hydrogen (secondary N) is 2. The largest absolute Gasteiger partial charge is 0.338 e. The Morgan fingerprint density at radius 1 is 1.12 bits per heavy atom. The Labute approximate surface area is 143 Å². The molecule has 0 radical (unpaired) electrons. The first-order valence-electron chi connectivity index (χ1n) is 8.72. The molecular weight excluding hydrogens is 302 g/mol. The Balaban J connectivity index is 1.63. The van der Waals surface area contributed by atoms with E-state index in [1.165, 1.54) is 18.4 Å². The Kier molecular flexibility index (Phi) is 7.80. The summed E-state index contributed by atoms with van der Waals surface area (Å²) in [6, 6.07) is 10.1. The van der Waals surface area contributed by atoms with Crippen molar-refractivity contribution >= 4 is 6.03 Å². The molecule has 2 N–H and O–H groups in total. The number of rotatable bonds is 10. The highest BCUT2D eigenvalue weighted by Gasteiger charge is 2.04. The van der Waals surface area contributed by atoms with E-state index in [1.807, 2.05) is 29.1 Å². The van der Waals surface area contributed by atoms with Crippen LogP contribution >= 0.6 is 0 Å². The summed E-state index contributed by atoms with van der Waals surface area (Å²) in [5.41, 5.74) is 2.04. The fraction of sp³-hybridized carbons (Fsp3) is 0.500. The average molecular weight is 329 g/mol. The zero-order valence-electron chi connectivity index (χ0n) is 14.4. The zero-order chi connectivity index (χ0) is 17.0. The highest BCUT2D eigenvalue weighted by atomic mass is 16.2. The molecule has 0 saturated heterocycles. The van der Waals surface area contributed by atoms with Crippen LogP contribution in [0.15, 0.2) is 36.5 Å². The number of benzene rings is 1. The van der Waals surface area contributed by atoms with Crippen molar-refractivity contribution in [2.75, 3.05) is 6.54 Å². The van der Waals surface area contributed by atoms with Gasteiger partial charge in [-0.25, -0.2) is 4.79 Å². The molecule has 1 aromatic carbocycles. The minimum Gasteiger partial charge on any atom is -0.338 e. The van der Waals surface area contributed by atoms with Gasteiger partial charge in [0.2, 0.25) is 0 Å². The van der Waals surface area contributed by atoms with Gasteiger partial charge < -0.3 is 10.6 Å². The van der Waals surface area contributed by atoms with Crippen molar-refractivity contribution in [2.24, 2.45) is 0 Å². The molecule has 1 aromatic heterocycles. The molecule has 2 aromatic rings. The van der Waals surface area contributed by atoms with Crippen molar-refractivity contribution in [1.82, 2.24) is 25.6 Å². The normalized spacial score (nSPS) is 10.5. The lowest BCUT2D eigenvalue weighted by Gasteiger charge is -2.05. The van der Waals surface area contributed by atoms with Crippen LogP contribution < -0.4 is 10.6 Å². The van der Waals surface area contributed by atoms with E-state index in [2.05, 4.69) is 40.0 Å². The first-order chi connectivity index (χ1) is 11.8. The summed E-state index contributed by atoms with van der Waals surface area (Å²) in [5.74, 6) is 0. The standard InChI is InChI=1S/C18H27N5O/c1-2-3-4-8-12-19-18(24)20-14-17-15-23(22-21-17)13-11-16-9-6-5-7-10-16/h5-7,9-10,15H,2-4,8,11-14H2,1H3,(H2,19,20,24). The van der Waals surface area contributed by atoms with Gasteiger partial charge in [0.1, 0.15) is 5.69 Å². The van der Waals surface area contributed by atoms with Crippen LogP contribution in [0.4, 0.5) is 4.79 Å². The molecule has 0 aliphatic rings. The Hall–Kier alpha value is -2.37. The third-order valence-electron chi connectivity index (χ3n) is 3.80. The number of aryl methyl sites for hydroxylation is 2. The van der Waals surface area contributed by atoms with Crippen molar-refractivity contribution in [3.8, 4) is 0 Å². The first kappa shape index (κ1) is 18.0. The van der Waals surface area contributed by atoms with Crippen LogP contribution in [0.3, 0.4) is 0 Å². The second-order valence-corrected chi connectivity index (χ2v) is 5.88. The number of aromatic nitrogens is 3. The molecular formula is C18H27N5O. The van der Waals surface area contributed by atoms with Gasteiger partial charge >= 0.3 is 6.03 Å². The number of carbonyl (C=O) groups excluding carboxylic acids is 1. The predicted octanol–water partition coefficient (Wildman–Crippen LogP) is 2.90. The van der Waals surface area contributed by atoms with Crippen LogP contribution in [0.1, 0.15) is 43.9 Å². The van der Waals surface area contributed by atoms with E-state index < -0.39 is 0 Å². The molecule has 0 atom stereocenters. The molecule has 1 heterocycles. The number of nitrogens with zero attached hydrogens (tertiary/aromatic N) is 3. The number of carbonyl (C=O) groups is 1. The average Bonchev–Trinajstić information content (AvgIpc) is 3.07. The van der Waals surface area contributed by atoms with E-state index in [1.54, 1.807) is 0 Å². The van der Waals surface area contributed by atoms with Gasteiger partial charge in [0.05, 0.1) is 12.7 Å². The Morgan fingerprint density at radius 2 is 1.96 bits per heavy atom. The maximum absolute atomic E-state index is 11.7. The summed E-state index contributed by atoms with van der Waals surface area (Å²) in [5, 5.41) is 13.9. The minimum absolute atomic E-state index is 0.148. The van der Waals surface area contributed by atoms with Crippen LogP contribution in [-0.4, -0.2) is 27.6 Å². The molecule has 0 aliphatic heterocycles. The molecule has 0 spiro atoms. The van der Waals surface area contributed by atoms with E-state index in [0.717, 1.165) is 38.0 Å². The van der Waals surface area contributed by atoms with E-state index in [4.69, 9.17) is 0 Å². The summed E-state index contributed by atoms with van der Waals surface area (Å²) in [6.45, 7) is 4.07. The number of amides is 2. The SMILES string of the molecule is CCCCCCNC(=O)NCc1cn(CCc2ccccc2)nn1. The molecule has 6 nitrogen and oxygen atoms in total. The number of unbranched alkanes of at least 4 members (excludes halogenated alkanes) is 3. The third kappa shape index (κ3) is 6.81. The van der Waals surface area contributed by atoms with Crippen LogP contribution in [0, 0.1) is 0 Å². The fourth-order valence-corrected chi connectivity index (χ4v) is 2.40. The maximum atomic E-state index is 11.7. The monoisotopic (exact) mass is 329 g/mol. The predicted molar refractivity (Wildman–Crippen MR) is 94.5 cm³/mol. The second-order valence-electron chi connectivity index (χ2n) is 5.88. The third-order valence-corrected chi connectivity index (χ3v) is 3.80. The Bertz CT molecular complexity index is 596. The van der Waals surface area contributed by atoms with Crippen LogP contribution in [0.2, 0.25) is 0 Å². The van der Waals surface area contributed by atoms with Crippen molar-refractivity contribution in [3.05, 3.63) is 47.8 Å². The van der Waals surface area contributed by atoms with Crippen LogP contribution in [-0.2, 0) is 19.5 Å². The molecule has 130 valence electrons. The molecule has 0 unspecified atom stereocenters. The highest BCUT2D eigenvalue weighted by molar-refractivity contribution is 5.73. The maximum Gasteiger partial charge on any atom is 0.315 e. The first-order valence-corrected chi connectivity index (χ1v) is 8.72. The lowest BCUT2D eigenvalue weighted by atomic mass is 10.1. The van der Waals surface area contributed by atoms with Gasteiger partial charge in [0, 0.05) is 13.1 Å². The van der Waals surface area contributed by atoms with Crippen molar-refractivity contribution < 1.29 is 4.79 Å². The van der Waals surface area contributed by atoms with E-state index in [9.17, 15) is 4.79 Å². The molecule has 6 heteroatoms. The van der Waals surface area contributed by atoms with Gasteiger partial charge in [-0.2, -0.15) is 0 Å². The van der Waals surface area contributed by atoms with Crippen molar-refractivity contribution in [3.63, 3.8) is 0 Å². The van der Waals surface area contributed by atoms with Crippen LogP contribution in [0.5, 0.6) is 0 Å². The van der Waals surface area contributed by atoms with Crippen molar-refractivity contribution in [1.29, 1.82) is 0 Å². The molecule has 0 saturated carbocycles. The molecule has 2 amide bonds. The van der Waals surface area contributed by atoms with Crippen LogP contribution in [0.25, 0.3) is 0 Å². The molecule has 24 heavy (non-hydrogen) atoms. The smallest absolute Gasteiger partial charge is 0.315 e. The molecule has 0 fully saturated rings. The highest BCUT2D eigenvalue weighted by Crippen LogP contribution is 2.02. The molecule has 2 rings (SSSR count). The Morgan fingerprint density at radius 3 is 2.75 bits per heavy atom. The fourth-order valence-electron chi connectivity index (χ4n) is 2.40. The van der Waals surface area contributed by atoms with Gasteiger partial charge in [-0.3, -0.25) is 4.68 Å². The number of hydrogen-bond donors (Lipinski definition) is 2. The zero-order valence-corrected chi connectivity index (χ0v) is 14.4. The summed E-state index contributed by atoms with van der Waals surface area (Å²) in [4.78, 5) is 11.7. The second kappa shape index (κ2) is 10.4. The quantitative estimate of drug-likeness (QED) is 0.658. The number of hydrogen-bond acceptors (Lipinski definition) is 3.